The summed E-state index contributed by atoms with van der Waals surface area (Å²) in [7, 11) is 0. The zero-order valence-corrected chi connectivity index (χ0v) is 13.7. The Kier molecular flexibility index (Phi) is 3.58. The lowest BCUT2D eigenvalue weighted by molar-refractivity contribution is 0.785. The molecule has 0 unspecified atom stereocenters. The van der Waals surface area contributed by atoms with Crippen LogP contribution in [0.5, 0.6) is 0 Å². The quantitative estimate of drug-likeness (QED) is 0.575. The molecule has 0 spiro atoms. The van der Waals surface area contributed by atoms with Crippen LogP contribution in [0.15, 0.2) is 60.8 Å². The number of hydrogen-bond acceptors (Lipinski definition) is 4. The molecule has 2 heterocycles. The van der Waals surface area contributed by atoms with Crippen molar-refractivity contribution in [2.24, 2.45) is 0 Å². The Hall–Kier alpha value is -3.01. The average molecular weight is 314 g/mol. The van der Waals surface area contributed by atoms with Crippen LogP contribution in [0.4, 0.5) is 11.5 Å². The Morgan fingerprint density at radius 1 is 0.875 bits per heavy atom. The molecule has 0 atom stereocenters. The van der Waals surface area contributed by atoms with Gasteiger partial charge in [0.1, 0.15) is 11.6 Å². The number of aromatic nitrogens is 3. The van der Waals surface area contributed by atoms with E-state index in [1.165, 1.54) is 0 Å². The maximum atomic E-state index is 4.75. The molecule has 0 aliphatic rings. The van der Waals surface area contributed by atoms with Gasteiger partial charge in [-0.05, 0) is 24.3 Å². The first-order chi connectivity index (χ1) is 11.7. The first-order valence-electron chi connectivity index (χ1n) is 8.10. The summed E-state index contributed by atoms with van der Waals surface area (Å²) in [5.74, 6) is 1.92. The van der Waals surface area contributed by atoms with Gasteiger partial charge in [-0.15, -0.1) is 0 Å². The smallest absolute Gasteiger partial charge is 0.142 e. The lowest BCUT2D eigenvalue weighted by Gasteiger charge is -2.13. The van der Waals surface area contributed by atoms with Crippen molar-refractivity contribution in [3.63, 3.8) is 0 Å². The Morgan fingerprint density at radius 3 is 2.58 bits per heavy atom. The van der Waals surface area contributed by atoms with Crippen LogP contribution in [0.25, 0.3) is 21.8 Å². The zero-order valence-electron chi connectivity index (χ0n) is 13.7. The summed E-state index contributed by atoms with van der Waals surface area (Å²) in [6, 6.07) is 18.2. The van der Waals surface area contributed by atoms with Crippen molar-refractivity contribution < 1.29 is 0 Å². The maximum Gasteiger partial charge on any atom is 0.142 e. The Labute approximate surface area is 140 Å². The number of fused-ring (bicyclic) bond motifs is 2. The normalized spacial score (nSPS) is 11.3. The molecule has 24 heavy (non-hydrogen) atoms. The molecule has 0 saturated heterocycles. The molecule has 118 valence electrons. The van der Waals surface area contributed by atoms with Gasteiger partial charge in [-0.1, -0.05) is 44.2 Å². The van der Waals surface area contributed by atoms with Gasteiger partial charge in [0.2, 0.25) is 0 Å². The minimum atomic E-state index is 0.265. The van der Waals surface area contributed by atoms with E-state index in [1.807, 2.05) is 48.7 Å². The van der Waals surface area contributed by atoms with E-state index < -0.39 is 0 Å². The van der Waals surface area contributed by atoms with Gasteiger partial charge in [-0.3, -0.25) is 4.98 Å². The minimum Gasteiger partial charge on any atom is -0.338 e. The van der Waals surface area contributed by atoms with Gasteiger partial charge in [-0.2, -0.15) is 0 Å². The summed E-state index contributed by atoms with van der Waals surface area (Å²) in [5, 5.41) is 5.58. The summed E-state index contributed by atoms with van der Waals surface area (Å²) in [6.45, 7) is 4.21. The van der Waals surface area contributed by atoms with E-state index in [4.69, 9.17) is 4.98 Å². The lowest BCUT2D eigenvalue weighted by Crippen LogP contribution is -2.03. The number of para-hydroxylation sites is 2. The summed E-state index contributed by atoms with van der Waals surface area (Å²) in [5.41, 5.74) is 2.84. The van der Waals surface area contributed by atoms with Gasteiger partial charge in [0.25, 0.3) is 0 Å². The Bertz CT molecular complexity index is 1020. The summed E-state index contributed by atoms with van der Waals surface area (Å²) in [6.07, 6.45) is 1.81. The molecule has 4 nitrogen and oxygen atoms in total. The topological polar surface area (TPSA) is 50.7 Å². The number of hydrogen-bond donors (Lipinski definition) is 1. The fourth-order valence-corrected chi connectivity index (χ4v) is 2.78. The molecule has 2 aromatic heterocycles. The molecule has 4 rings (SSSR count). The number of benzene rings is 2. The number of anilines is 2. The predicted octanol–water partition coefficient (Wildman–Crippen LogP) is 5.05. The van der Waals surface area contributed by atoms with Crippen LogP contribution in [0.1, 0.15) is 25.6 Å². The predicted molar refractivity (Wildman–Crippen MR) is 98.7 cm³/mol. The largest absolute Gasteiger partial charge is 0.338 e. The molecule has 0 radical (unpaired) electrons. The maximum absolute atomic E-state index is 4.75. The summed E-state index contributed by atoms with van der Waals surface area (Å²) in [4.78, 5) is 13.9. The van der Waals surface area contributed by atoms with Gasteiger partial charge in [-0.25, -0.2) is 9.97 Å². The van der Waals surface area contributed by atoms with E-state index in [-0.39, 0.29) is 5.92 Å². The Morgan fingerprint density at radius 2 is 1.71 bits per heavy atom. The molecule has 0 amide bonds. The van der Waals surface area contributed by atoms with Crippen LogP contribution in [0.2, 0.25) is 0 Å². The second kappa shape index (κ2) is 5.89. The second-order valence-corrected chi connectivity index (χ2v) is 6.11. The third kappa shape index (κ3) is 2.56. The molecular formula is C20H18N4. The third-order valence-corrected chi connectivity index (χ3v) is 4.02. The third-order valence-electron chi connectivity index (χ3n) is 4.02. The van der Waals surface area contributed by atoms with Crippen LogP contribution in [-0.4, -0.2) is 15.0 Å². The summed E-state index contributed by atoms with van der Waals surface area (Å²) >= 11 is 0. The van der Waals surface area contributed by atoms with Crippen molar-refractivity contribution in [3.05, 3.63) is 66.6 Å². The fraction of sp³-hybridized carbons (Fsp3) is 0.150. The molecule has 4 heteroatoms. The van der Waals surface area contributed by atoms with E-state index in [0.717, 1.165) is 39.1 Å². The highest BCUT2D eigenvalue weighted by Crippen LogP contribution is 2.28. The Balaban J connectivity index is 1.89. The second-order valence-electron chi connectivity index (χ2n) is 6.11. The molecular weight excluding hydrogens is 296 g/mol. The van der Waals surface area contributed by atoms with Gasteiger partial charge in [0.15, 0.2) is 0 Å². The van der Waals surface area contributed by atoms with E-state index >= 15 is 0 Å². The van der Waals surface area contributed by atoms with Crippen LogP contribution in [0, 0.1) is 0 Å². The van der Waals surface area contributed by atoms with Crippen molar-refractivity contribution in [1.29, 1.82) is 0 Å². The van der Waals surface area contributed by atoms with Crippen LogP contribution in [-0.2, 0) is 0 Å². The molecule has 0 aliphatic carbocycles. The van der Waals surface area contributed by atoms with E-state index in [0.29, 0.717) is 0 Å². The lowest BCUT2D eigenvalue weighted by atomic mass is 10.1. The molecule has 4 aromatic rings. The minimum absolute atomic E-state index is 0.265. The molecule has 0 fully saturated rings. The average Bonchev–Trinajstić information content (AvgIpc) is 2.62. The highest BCUT2D eigenvalue weighted by atomic mass is 15.0. The monoisotopic (exact) mass is 314 g/mol. The molecule has 2 aromatic carbocycles. The van der Waals surface area contributed by atoms with Crippen LogP contribution < -0.4 is 5.32 Å². The van der Waals surface area contributed by atoms with Crippen molar-refractivity contribution in [2.45, 2.75) is 19.8 Å². The number of rotatable bonds is 3. The number of nitrogens with one attached hydrogen (secondary N) is 1. The van der Waals surface area contributed by atoms with Gasteiger partial charge < -0.3 is 5.32 Å². The first-order valence-corrected chi connectivity index (χ1v) is 8.10. The highest BCUT2D eigenvalue weighted by molar-refractivity contribution is 5.96. The number of nitrogens with zero attached hydrogens (tertiary/aromatic N) is 3. The van der Waals surface area contributed by atoms with Crippen molar-refractivity contribution in [1.82, 2.24) is 15.0 Å². The highest BCUT2D eigenvalue weighted by Gasteiger charge is 2.11. The van der Waals surface area contributed by atoms with E-state index in [1.54, 1.807) is 0 Å². The fourth-order valence-electron chi connectivity index (χ4n) is 2.78. The standard InChI is InChI=1S/C20H18N4/c1-13(2)19-22-16-10-4-3-9-15(16)20(24-19)23-17-11-5-7-14-8-6-12-21-18(14)17/h3-13H,1-2H3,(H,22,23,24). The SMILES string of the molecule is CC(C)c1nc(Nc2cccc3cccnc23)c2ccccc2n1. The molecule has 0 bridgehead atoms. The zero-order chi connectivity index (χ0) is 16.5. The van der Waals surface area contributed by atoms with Crippen molar-refractivity contribution in [2.75, 3.05) is 5.32 Å². The van der Waals surface area contributed by atoms with E-state index in [2.05, 4.69) is 41.3 Å². The molecule has 1 N–H and O–H groups in total. The first kappa shape index (κ1) is 14.6. The van der Waals surface area contributed by atoms with Crippen molar-refractivity contribution in [3.8, 4) is 0 Å². The number of pyridine rings is 1. The molecule has 0 aliphatic heterocycles. The van der Waals surface area contributed by atoms with Gasteiger partial charge in [0, 0.05) is 22.9 Å². The summed E-state index contributed by atoms with van der Waals surface area (Å²) < 4.78 is 0. The molecule has 0 saturated carbocycles. The van der Waals surface area contributed by atoms with Crippen LogP contribution in [0.3, 0.4) is 0 Å². The van der Waals surface area contributed by atoms with Crippen LogP contribution >= 0.6 is 0 Å². The van der Waals surface area contributed by atoms with E-state index in [9.17, 15) is 0 Å². The van der Waals surface area contributed by atoms with Gasteiger partial charge >= 0.3 is 0 Å². The van der Waals surface area contributed by atoms with Gasteiger partial charge in [0.05, 0.1) is 16.7 Å². The van der Waals surface area contributed by atoms with Crippen molar-refractivity contribution >= 4 is 33.3 Å².